The van der Waals surface area contributed by atoms with Gasteiger partial charge in [0.1, 0.15) is 11.5 Å². The molecule has 0 amide bonds. The molecule has 0 bridgehead atoms. The van der Waals surface area contributed by atoms with Gasteiger partial charge in [-0.25, -0.2) is 0 Å². The van der Waals surface area contributed by atoms with Gasteiger partial charge >= 0.3 is 6.18 Å². The van der Waals surface area contributed by atoms with Crippen LogP contribution < -0.4 is 0 Å². The number of phenolic OH excluding ortho intramolecular Hbond substituents is 2. The Labute approximate surface area is 83.4 Å². The molecule has 0 heterocycles. The predicted octanol–water partition coefficient (Wildman–Crippen LogP) is 1.87. The van der Waals surface area contributed by atoms with Crippen LogP contribution in [0.1, 0.15) is 12.5 Å². The highest BCUT2D eigenvalue weighted by molar-refractivity contribution is 5.42. The summed E-state index contributed by atoms with van der Waals surface area (Å²) in [5.74, 6) is -1.19. The van der Waals surface area contributed by atoms with Crippen molar-refractivity contribution < 1.29 is 28.5 Å². The van der Waals surface area contributed by atoms with Crippen molar-refractivity contribution in [3.8, 4) is 11.5 Å². The lowest BCUT2D eigenvalue weighted by Crippen LogP contribution is -2.39. The number of hydrogen-bond donors (Lipinski definition) is 3. The van der Waals surface area contributed by atoms with Crippen molar-refractivity contribution in [2.45, 2.75) is 18.7 Å². The zero-order valence-electron chi connectivity index (χ0n) is 7.71. The zero-order valence-corrected chi connectivity index (χ0v) is 7.71. The molecule has 0 fully saturated rings. The molecule has 0 spiro atoms. The van der Waals surface area contributed by atoms with Gasteiger partial charge in [-0.3, -0.25) is 0 Å². The van der Waals surface area contributed by atoms with Crippen LogP contribution in [0.2, 0.25) is 0 Å². The molecule has 0 aromatic heterocycles. The van der Waals surface area contributed by atoms with Crippen molar-refractivity contribution in [3.63, 3.8) is 0 Å². The second-order valence-electron chi connectivity index (χ2n) is 3.27. The maximum atomic E-state index is 12.4. The van der Waals surface area contributed by atoms with Crippen molar-refractivity contribution in [3.05, 3.63) is 23.8 Å². The Morgan fingerprint density at radius 2 is 1.67 bits per heavy atom. The minimum absolute atomic E-state index is 0.380. The molecule has 84 valence electrons. The Kier molecular flexibility index (Phi) is 2.56. The van der Waals surface area contributed by atoms with Crippen LogP contribution in [0.5, 0.6) is 11.5 Å². The third-order valence-electron chi connectivity index (χ3n) is 2.06. The largest absolute Gasteiger partial charge is 0.508 e. The Balaban J connectivity index is 3.28. The molecule has 6 heteroatoms. The number of halogens is 3. The van der Waals surface area contributed by atoms with E-state index in [-0.39, 0.29) is 5.75 Å². The molecule has 0 radical (unpaired) electrons. The van der Waals surface area contributed by atoms with Gasteiger partial charge < -0.3 is 15.3 Å². The van der Waals surface area contributed by atoms with E-state index in [0.29, 0.717) is 6.92 Å². The van der Waals surface area contributed by atoms with Crippen LogP contribution in [0.3, 0.4) is 0 Å². The molecule has 0 aliphatic rings. The van der Waals surface area contributed by atoms with Crippen LogP contribution in [0.4, 0.5) is 13.2 Å². The summed E-state index contributed by atoms with van der Waals surface area (Å²) in [5, 5.41) is 27.3. The molecule has 1 unspecified atom stereocenters. The average molecular weight is 222 g/mol. The van der Waals surface area contributed by atoms with Crippen LogP contribution >= 0.6 is 0 Å². The molecule has 1 aromatic rings. The first-order valence-electron chi connectivity index (χ1n) is 3.98. The summed E-state index contributed by atoms with van der Waals surface area (Å²) >= 11 is 0. The third kappa shape index (κ3) is 1.99. The van der Waals surface area contributed by atoms with Crippen molar-refractivity contribution in [2.75, 3.05) is 0 Å². The molecular formula is C9H9F3O3. The summed E-state index contributed by atoms with van der Waals surface area (Å²) in [6.07, 6.45) is -4.90. The normalized spacial score (nSPS) is 16.1. The number of rotatable bonds is 1. The van der Waals surface area contributed by atoms with E-state index in [2.05, 4.69) is 0 Å². The fraction of sp³-hybridized carbons (Fsp3) is 0.333. The molecule has 0 aliphatic carbocycles. The Bertz CT molecular complexity index is 371. The van der Waals surface area contributed by atoms with E-state index in [4.69, 9.17) is 5.11 Å². The van der Waals surface area contributed by atoms with Crippen LogP contribution in [0.25, 0.3) is 0 Å². The van der Waals surface area contributed by atoms with Crippen LogP contribution in [0, 0.1) is 0 Å². The van der Waals surface area contributed by atoms with E-state index in [9.17, 15) is 23.4 Å². The standard InChI is InChI=1S/C9H9F3O3/c1-8(15,9(10,11)12)6-3-2-5(13)4-7(6)14/h2-4,13-15H,1H3. The smallest absolute Gasteiger partial charge is 0.421 e. The Morgan fingerprint density at radius 3 is 2.07 bits per heavy atom. The minimum atomic E-state index is -4.90. The molecule has 3 nitrogen and oxygen atoms in total. The van der Waals surface area contributed by atoms with Crippen molar-refractivity contribution >= 4 is 0 Å². The second kappa shape index (κ2) is 3.30. The zero-order chi connectivity index (χ0) is 11.9. The predicted molar refractivity (Wildman–Crippen MR) is 45.4 cm³/mol. The lowest BCUT2D eigenvalue weighted by atomic mass is 9.94. The first-order valence-corrected chi connectivity index (χ1v) is 3.98. The highest BCUT2D eigenvalue weighted by atomic mass is 19.4. The van der Waals surface area contributed by atoms with Gasteiger partial charge in [0.25, 0.3) is 0 Å². The topological polar surface area (TPSA) is 60.7 Å². The van der Waals surface area contributed by atoms with Crippen LogP contribution in [-0.2, 0) is 5.60 Å². The van der Waals surface area contributed by atoms with Gasteiger partial charge in [0, 0.05) is 11.6 Å². The molecule has 1 atom stereocenters. The van der Waals surface area contributed by atoms with Crippen molar-refractivity contribution in [1.82, 2.24) is 0 Å². The Hall–Kier alpha value is -1.43. The summed E-state index contributed by atoms with van der Waals surface area (Å²) in [5.41, 5.74) is -3.85. The molecule has 0 saturated carbocycles. The molecular weight excluding hydrogens is 213 g/mol. The SMILES string of the molecule is CC(O)(c1ccc(O)cc1O)C(F)(F)F. The molecule has 0 saturated heterocycles. The van der Waals surface area contributed by atoms with E-state index in [0.717, 1.165) is 18.2 Å². The van der Waals surface area contributed by atoms with Gasteiger partial charge in [-0.1, -0.05) is 0 Å². The first kappa shape index (κ1) is 11.6. The van der Waals surface area contributed by atoms with Gasteiger partial charge in [-0.05, 0) is 19.1 Å². The number of phenols is 2. The molecule has 0 aliphatic heterocycles. The summed E-state index contributed by atoms with van der Waals surface area (Å²) in [7, 11) is 0. The fourth-order valence-electron chi connectivity index (χ4n) is 1.08. The molecule has 1 aromatic carbocycles. The van der Waals surface area contributed by atoms with Crippen LogP contribution in [-0.4, -0.2) is 21.5 Å². The van der Waals surface area contributed by atoms with Crippen molar-refractivity contribution in [1.29, 1.82) is 0 Å². The lowest BCUT2D eigenvalue weighted by molar-refractivity contribution is -0.259. The van der Waals surface area contributed by atoms with Gasteiger partial charge in [0.15, 0.2) is 5.60 Å². The van der Waals surface area contributed by atoms with E-state index in [1.165, 1.54) is 0 Å². The summed E-state index contributed by atoms with van der Waals surface area (Å²) < 4.78 is 37.1. The average Bonchev–Trinajstić information content (AvgIpc) is 2.00. The van der Waals surface area contributed by atoms with Gasteiger partial charge in [-0.2, -0.15) is 13.2 Å². The highest BCUT2D eigenvalue weighted by Crippen LogP contribution is 2.42. The summed E-state index contributed by atoms with van der Waals surface area (Å²) in [6, 6.07) is 2.50. The molecule has 1 rings (SSSR count). The highest BCUT2D eigenvalue weighted by Gasteiger charge is 2.52. The molecule has 3 N–H and O–H groups in total. The number of hydrogen-bond acceptors (Lipinski definition) is 3. The second-order valence-corrected chi connectivity index (χ2v) is 3.27. The van der Waals surface area contributed by atoms with Gasteiger partial charge in [0.2, 0.25) is 0 Å². The van der Waals surface area contributed by atoms with Crippen molar-refractivity contribution in [2.24, 2.45) is 0 Å². The van der Waals surface area contributed by atoms with E-state index in [1.54, 1.807) is 0 Å². The van der Waals surface area contributed by atoms with E-state index >= 15 is 0 Å². The van der Waals surface area contributed by atoms with Gasteiger partial charge in [0.05, 0.1) is 0 Å². The quantitative estimate of drug-likeness (QED) is 0.679. The van der Waals surface area contributed by atoms with E-state index < -0.39 is 23.1 Å². The maximum absolute atomic E-state index is 12.4. The summed E-state index contributed by atoms with van der Waals surface area (Å²) in [6.45, 7) is 0.527. The number of alkyl halides is 3. The minimum Gasteiger partial charge on any atom is -0.508 e. The maximum Gasteiger partial charge on any atom is 0.421 e. The summed E-state index contributed by atoms with van der Waals surface area (Å²) in [4.78, 5) is 0. The third-order valence-corrected chi connectivity index (χ3v) is 2.06. The first-order chi connectivity index (χ1) is 6.66. The van der Waals surface area contributed by atoms with Crippen LogP contribution in [0.15, 0.2) is 18.2 Å². The monoisotopic (exact) mass is 222 g/mol. The lowest BCUT2D eigenvalue weighted by Gasteiger charge is -2.27. The number of aromatic hydroxyl groups is 2. The van der Waals surface area contributed by atoms with E-state index in [1.807, 2.05) is 0 Å². The number of aliphatic hydroxyl groups is 1. The Morgan fingerprint density at radius 1 is 1.13 bits per heavy atom. The molecule has 15 heavy (non-hydrogen) atoms. The van der Waals surface area contributed by atoms with Gasteiger partial charge in [-0.15, -0.1) is 0 Å². The fourth-order valence-corrected chi connectivity index (χ4v) is 1.08. The number of benzene rings is 1.